The Morgan fingerprint density at radius 2 is 1.95 bits per heavy atom. The first-order valence-electron chi connectivity index (χ1n) is 6.41. The molecule has 1 atom stereocenters. The maximum absolute atomic E-state index is 12.1. The van der Waals surface area contributed by atoms with Crippen LogP contribution in [0.5, 0.6) is 0 Å². The Balaban J connectivity index is 2.78. The van der Waals surface area contributed by atoms with Crippen LogP contribution in [-0.4, -0.2) is 22.5 Å². The molecule has 0 saturated carbocycles. The van der Waals surface area contributed by atoms with Crippen molar-refractivity contribution in [3.8, 4) is 0 Å². The second kappa shape index (κ2) is 7.11. The van der Waals surface area contributed by atoms with Crippen LogP contribution in [0.3, 0.4) is 0 Å². The molecule has 1 aromatic carbocycles. The molecule has 1 rings (SSSR count). The van der Waals surface area contributed by atoms with E-state index < -0.39 is 17.4 Å². The van der Waals surface area contributed by atoms with E-state index in [4.69, 9.17) is 28.9 Å². The minimum Gasteiger partial charge on any atom is -0.479 e. The van der Waals surface area contributed by atoms with Crippen LogP contribution in [0.2, 0.25) is 10.0 Å². The molecule has 116 valence electrons. The highest BCUT2D eigenvalue weighted by Crippen LogP contribution is 2.22. The molecular weight excluding hydrogens is 315 g/mol. The quantitative estimate of drug-likeness (QED) is 0.697. The van der Waals surface area contributed by atoms with Gasteiger partial charge in [-0.05, 0) is 30.0 Å². The number of carbonyl (C=O) groups is 2. The monoisotopic (exact) mass is 332 g/mol. The van der Waals surface area contributed by atoms with Gasteiger partial charge < -0.3 is 16.2 Å². The van der Waals surface area contributed by atoms with E-state index in [1.165, 1.54) is 0 Å². The SMILES string of the molecule is CC(C)C[C@@](N)(C(=O)O)C(=O)NCc1ccc(Cl)c(Cl)c1. The van der Waals surface area contributed by atoms with E-state index in [0.717, 1.165) is 0 Å². The molecule has 7 heteroatoms. The van der Waals surface area contributed by atoms with Crippen LogP contribution >= 0.6 is 23.2 Å². The number of carbonyl (C=O) groups excluding carboxylic acids is 1. The summed E-state index contributed by atoms with van der Waals surface area (Å²) in [5, 5.41) is 12.5. The Hall–Kier alpha value is -1.30. The summed E-state index contributed by atoms with van der Waals surface area (Å²) in [6.45, 7) is 3.73. The standard InChI is InChI=1S/C14H18Cl2N2O3/c1-8(2)6-14(17,13(20)21)12(19)18-7-9-3-4-10(15)11(16)5-9/h3-5,8H,6-7,17H2,1-2H3,(H,18,19)(H,20,21)/t14-/m0/s1. The van der Waals surface area contributed by atoms with Crippen molar-refractivity contribution >= 4 is 35.1 Å². The summed E-state index contributed by atoms with van der Waals surface area (Å²) in [6.07, 6.45) is 0.0511. The zero-order valence-corrected chi connectivity index (χ0v) is 13.3. The fraction of sp³-hybridized carbons (Fsp3) is 0.429. The van der Waals surface area contributed by atoms with Crippen molar-refractivity contribution in [3.05, 3.63) is 33.8 Å². The topological polar surface area (TPSA) is 92.4 Å². The number of amides is 1. The maximum Gasteiger partial charge on any atom is 0.333 e. The van der Waals surface area contributed by atoms with Gasteiger partial charge in [0.15, 0.2) is 5.54 Å². The highest BCUT2D eigenvalue weighted by atomic mass is 35.5. The summed E-state index contributed by atoms with van der Waals surface area (Å²) in [5.41, 5.74) is 4.51. The minimum atomic E-state index is -1.94. The average Bonchev–Trinajstić information content (AvgIpc) is 2.38. The molecule has 0 aliphatic heterocycles. The van der Waals surface area contributed by atoms with Crippen LogP contribution in [0.1, 0.15) is 25.8 Å². The lowest BCUT2D eigenvalue weighted by Crippen LogP contribution is -2.60. The van der Waals surface area contributed by atoms with Crippen molar-refractivity contribution in [2.24, 2.45) is 11.7 Å². The zero-order chi connectivity index (χ0) is 16.2. The summed E-state index contributed by atoms with van der Waals surface area (Å²) in [7, 11) is 0. The summed E-state index contributed by atoms with van der Waals surface area (Å²) in [6, 6.07) is 4.90. The van der Waals surface area contributed by atoms with Gasteiger partial charge in [0.2, 0.25) is 0 Å². The molecule has 0 unspecified atom stereocenters. The Labute approximate surface area is 133 Å². The van der Waals surface area contributed by atoms with Crippen molar-refractivity contribution in [2.45, 2.75) is 32.4 Å². The molecule has 0 fully saturated rings. The Bertz CT molecular complexity index is 549. The van der Waals surface area contributed by atoms with Crippen molar-refractivity contribution in [2.75, 3.05) is 0 Å². The lowest BCUT2D eigenvalue weighted by Gasteiger charge is -2.25. The molecule has 0 aliphatic carbocycles. The first-order valence-corrected chi connectivity index (χ1v) is 7.17. The van der Waals surface area contributed by atoms with Crippen LogP contribution in [0.4, 0.5) is 0 Å². The molecule has 0 spiro atoms. The van der Waals surface area contributed by atoms with E-state index in [1.54, 1.807) is 32.0 Å². The molecule has 5 nitrogen and oxygen atoms in total. The second-order valence-corrected chi connectivity index (χ2v) is 6.12. The normalized spacial score (nSPS) is 13.8. The van der Waals surface area contributed by atoms with Gasteiger partial charge in [-0.3, -0.25) is 4.79 Å². The van der Waals surface area contributed by atoms with Crippen LogP contribution in [0.25, 0.3) is 0 Å². The number of nitrogens with one attached hydrogen (secondary N) is 1. The fourth-order valence-corrected chi connectivity index (χ4v) is 2.23. The molecular formula is C14H18Cl2N2O3. The van der Waals surface area contributed by atoms with E-state index in [1.807, 2.05) is 0 Å². The minimum absolute atomic E-state index is 0.0261. The Kier molecular flexibility index (Phi) is 6.01. The van der Waals surface area contributed by atoms with E-state index in [2.05, 4.69) is 5.32 Å². The van der Waals surface area contributed by atoms with Crippen LogP contribution < -0.4 is 11.1 Å². The molecule has 0 aliphatic rings. The number of carboxylic acids is 1. The largest absolute Gasteiger partial charge is 0.479 e. The highest BCUT2D eigenvalue weighted by molar-refractivity contribution is 6.42. The van der Waals surface area contributed by atoms with Gasteiger partial charge in [-0.1, -0.05) is 43.1 Å². The molecule has 1 amide bonds. The maximum atomic E-state index is 12.1. The van der Waals surface area contributed by atoms with Gasteiger partial charge in [-0.25, -0.2) is 4.79 Å². The van der Waals surface area contributed by atoms with Crippen molar-refractivity contribution in [1.29, 1.82) is 0 Å². The van der Waals surface area contributed by atoms with Crippen LogP contribution in [-0.2, 0) is 16.1 Å². The van der Waals surface area contributed by atoms with Crippen molar-refractivity contribution in [1.82, 2.24) is 5.32 Å². The third-order valence-corrected chi connectivity index (χ3v) is 3.69. The number of hydrogen-bond donors (Lipinski definition) is 3. The lowest BCUT2D eigenvalue weighted by atomic mass is 9.89. The Morgan fingerprint density at radius 3 is 2.43 bits per heavy atom. The molecule has 0 saturated heterocycles. The predicted molar refractivity (Wildman–Crippen MR) is 82.3 cm³/mol. The van der Waals surface area contributed by atoms with E-state index >= 15 is 0 Å². The lowest BCUT2D eigenvalue weighted by molar-refractivity contribution is -0.150. The summed E-state index contributed by atoms with van der Waals surface area (Å²) in [5.74, 6) is -2.10. The smallest absolute Gasteiger partial charge is 0.333 e. The highest BCUT2D eigenvalue weighted by Gasteiger charge is 2.42. The van der Waals surface area contributed by atoms with Gasteiger partial charge in [0.25, 0.3) is 5.91 Å². The summed E-state index contributed by atoms with van der Waals surface area (Å²) < 4.78 is 0. The van der Waals surface area contributed by atoms with Gasteiger partial charge in [0.05, 0.1) is 10.0 Å². The van der Waals surface area contributed by atoms with E-state index in [0.29, 0.717) is 15.6 Å². The first kappa shape index (κ1) is 17.8. The summed E-state index contributed by atoms with van der Waals surface area (Å²) in [4.78, 5) is 23.4. The van der Waals surface area contributed by atoms with Gasteiger partial charge in [0, 0.05) is 6.54 Å². The number of carboxylic acid groups (broad SMARTS) is 1. The molecule has 0 bridgehead atoms. The number of hydrogen-bond acceptors (Lipinski definition) is 3. The zero-order valence-electron chi connectivity index (χ0n) is 11.8. The third-order valence-electron chi connectivity index (χ3n) is 2.95. The molecule has 0 radical (unpaired) electrons. The second-order valence-electron chi connectivity index (χ2n) is 5.31. The van der Waals surface area contributed by atoms with Gasteiger partial charge in [-0.2, -0.15) is 0 Å². The van der Waals surface area contributed by atoms with Gasteiger partial charge in [-0.15, -0.1) is 0 Å². The molecule has 1 aromatic rings. The average molecular weight is 333 g/mol. The molecule has 0 heterocycles. The number of benzene rings is 1. The number of rotatable bonds is 6. The Morgan fingerprint density at radius 1 is 1.33 bits per heavy atom. The van der Waals surface area contributed by atoms with Crippen LogP contribution in [0, 0.1) is 5.92 Å². The number of nitrogens with two attached hydrogens (primary N) is 1. The molecule has 4 N–H and O–H groups in total. The predicted octanol–water partition coefficient (Wildman–Crippen LogP) is 2.44. The van der Waals surface area contributed by atoms with Crippen molar-refractivity contribution < 1.29 is 14.7 Å². The molecule has 21 heavy (non-hydrogen) atoms. The number of aliphatic carboxylic acids is 1. The summed E-state index contributed by atoms with van der Waals surface area (Å²) >= 11 is 11.7. The van der Waals surface area contributed by atoms with E-state index in [-0.39, 0.29) is 18.9 Å². The fourth-order valence-electron chi connectivity index (χ4n) is 1.91. The molecule has 0 aromatic heterocycles. The van der Waals surface area contributed by atoms with Gasteiger partial charge in [0.1, 0.15) is 0 Å². The first-order chi connectivity index (χ1) is 9.66. The van der Waals surface area contributed by atoms with Crippen molar-refractivity contribution in [3.63, 3.8) is 0 Å². The van der Waals surface area contributed by atoms with Crippen LogP contribution in [0.15, 0.2) is 18.2 Å². The van der Waals surface area contributed by atoms with E-state index in [9.17, 15) is 14.7 Å². The third kappa shape index (κ3) is 4.59. The number of halogens is 2. The van der Waals surface area contributed by atoms with Gasteiger partial charge >= 0.3 is 5.97 Å².